The second kappa shape index (κ2) is 8.06. The summed E-state index contributed by atoms with van der Waals surface area (Å²) in [6.45, 7) is 7.74. The predicted octanol–water partition coefficient (Wildman–Crippen LogP) is 5.59. The lowest BCUT2D eigenvalue weighted by Crippen LogP contribution is -2.42. The molecule has 164 valence electrons. The fourth-order valence-electron chi connectivity index (χ4n) is 4.58. The number of H-pyrrole nitrogens is 1. The van der Waals surface area contributed by atoms with E-state index in [1.807, 2.05) is 20.0 Å². The molecule has 0 radical (unpaired) electrons. The van der Waals surface area contributed by atoms with Crippen LogP contribution in [0.5, 0.6) is 0 Å². The number of aryl methyl sites for hydroxylation is 1. The number of hydrogen-bond donors (Lipinski definition) is 2. The minimum Gasteiger partial charge on any atom is -0.390 e. The zero-order chi connectivity index (χ0) is 22.3. The van der Waals surface area contributed by atoms with Gasteiger partial charge in [0.05, 0.1) is 22.3 Å². The third kappa shape index (κ3) is 4.13. The van der Waals surface area contributed by atoms with Gasteiger partial charge in [-0.25, -0.2) is 4.98 Å². The highest BCUT2D eigenvalue weighted by molar-refractivity contribution is 5.83. The number of fused-ring (bicyclic) bond motifs is 1. The highest BCUT2D eigenvalue weighted by Crippen LogP contribution is 2.31. The Bertz CT molecular complexity index is 1210. The van der Waals surface area contributed by atoms with E-state index in [0.717, 1.165) is 59.7 Å². The molecule has 2 N–H and O–H groups in total. The Balaban J connectivity index is 1.35. The molecule has 0 spiro atoms. The number of imidazole rings is 1. The molecule has 1 aliphatic heterocycles. The van der Waals surface area contributed by atoms with Crippen molar-refractivity contribution in [3.63, 3.8) is 0 Å². The van der Waals surface area contributed by atoms with Gasteiger partial charge in [-0.1, -0.05) is 42.0 Å². The molecule has 2 aromatic heterocycles. The molecule has 1 saturated heterocycles. The summed E-state index contributed by atoms with van der Waals surface area (Å²) < 4.78 is 0. The van der Waals surface area contributed by atoms with Crippen molar-refractivity contribution in [2.75, 3.05) is 18.0 Å². The number of piperidine rings is 1. The molecular formula is C27H30N4O. The van der Waals surface area contributed by atoms with Crippen molar-refractivity contribution in [3.05, 3.63) is 66.4 Å². The highest BCUT2D eigenvalue weighted by atomic mass is 16.3. The standard InChI is InChI=1S/C27H30N4O/c1-18-4-6-19(7-5-18)21-9-10-23(28-17-21)20-8-11-24-25(16-20)30-26(29-24)31-14-12-22(13-15-31)27(2,3)32/h4-11,16-17,22,32H,12-15H2,1-3H3,(H,29,30). The van der Waals surface area contributed by atoms with Gasteiger partial charge in [-0.2, -0.15) is 0 Å². The molecule has 0 amide bonds. The second-order valence-corrected chi connectivity index (χ2v) is 9.51. The summed E-state index contributed by atoms with van der Waals surface area (Å²) in [4.78, 5) is 15.3. The van der Waals surface area contributed by atoms with E-state index in [4.69, 9.17) is 9.97 Å². The first-order chi connectivity index (χ1) is 15.4. The largest absolute Gasteiger partial charge is 0.390 e. The molecule has 3 heterocycles. The Hall–Kier alpha value is -3.18. The monoisotopic (exact) mass is 426 g/mol. The summed E-state index contributed by atoms with van der Waals surface area (Å²) in [6, 6.07) is 19.0. The number of nitrogens with one attached hydrogen (secondary N) is 1. The van der Waals surface area contributed by atoms with Gasteiger partial charge < -0.3 is 15.0 Å². The van der Waals surface area contributed by atoms with Crippen LogP contribution in [0, 0.1) is 12.8 Å². The SMILES string of the molecule is Cc1ccc(-c2ccc(-c3ccc4nc(N5CCC(C(C)(C)O)CC5)[nH]c4c3)nc2)cc1. The summed E-state index contributed by atoms with van der Waals surface area (Å²) in [5, 5.41) is 10.3. The van der Waals surface area contributed by atoms with Crippen LogP contribution in [0.25, 0.3) is 33.4 Å². The number of nitrogens with zero attached hydrogens (tertiary/aromatic N) is 3. The molecule has 4 aromatic rings. The summed E-state index contributed by atoms with van der Waals surface area (Å²) in [5.74, 6) is 1.25. The van der Waals surface area contributed by atoms with Crippen molar-refractivity contribution in [1.82, 2.24) is 15.0 Å². The fourth-order valence-corrected chi connectivity index (χ4v) is 4.58. The molecule has 0 unspecified atom stereocenters. The average molecular weight is 427 g/mol. The molecule has 1 aliphatic rings. The van der Waals surface area contributed by atoms with E-state index < -0.39 is 5.60 Å². The van der Waals surface area contributed by atoms with Gasteiger partial charge in [0.15, 0.2) is 0 Å². The Labute approximate surface area is 189 Å². The smallest absolute Gasteiger partial charge is 0.203 e. The van der Waals surface area contributed by atoms with Crippen LogP contribution in [0.3, 0.4) is 0 Å². The normalized spacial score (nSPS) is 15.4. The predicted molar refractivity (Wildman–Crippen MR) is 131 cm³/mol. The number of aliphatic hydroxyl groups is 1. The number of pyridine rings is 1. The maximum Gasteiger partial charge on any atom is 0.203 e. The van der Waals surface area contributed by atoms with E-state index in [-0.39, 0.29) is 0 Å². The number of rotatable bonds is 4. The van der Waals surface area contributed by atoms with Crippen molar-refractivity contribution in [1.29, 1.82) is 0 Å². The Morgan fingerprint density at radius 1 is 0.938 bits per heavy atom. The Morgan fingerprint density at radius 3 is 2.28 bits per heavy atom. The molecule has 0 saturated carbocycles. The zero-order valence-electron chi connectivity index (χ0n) is 19.0. The first kappa shape index (κ1) is 20.7. The summed E-state index contributed by atoms with van der Waals surface area (Å²) in [6.07, 6.45) is 3.89. The van der Waals surface area contributed by atoms with Crippen LogP contribution in [-0.2, 0) is 0 Å². The van der Waals surface area contributed by atoms with Gasteiger partial charge in [0.2, 0.25) is 5.95 Å². The first-order valence-electron chi connectivity index (χ1n) is 11.4. The van der Waals surface area contributed by atoms with Crippen molar-refractivity contribution >= 4 is 17.0 Å². The quantitative estimate of drug-likeness (QED) is 0.447. The van der Waals surface area contributed by atoms with Crippen LogP contribution in [0.15, 0.2) is 60.8 Å². The van der Waals surface area contributed by atoms with Crippen LogP contribution in [0.2, 0.25) is 0 Å². The van der Waals surface area contributed by atoms with E-state index in [2.05, 4.69) is 71.4 Å². The Kier molecular flexibility index (Phi) is 5.22. The van der Waals surface area contributed by atoms with Crippen LogP contribution in [-0.4, -0.2) is 38.7 Å². The van der Waals surface area contributed by atoms with Gasteiger partial charge >= 0.3 is 0 Å². The lowest BCUT2D eigenvalue weighted by molar-refractivity contribution is 0.00641. The maximum atomic E-state index is 10.3. The molecule has 0 bridgehead atoms. The molecule has 5 heteroatoms. The van der Waals surface area contributed by atoms with E-state index in [1.165, 1.54) is 11.1 Å². The second-order valence-electron chi connectivity index (χ2n) is 9.51. The molecule has 5 nitrogen and oxygen atoms in total. The van der Waals surface area contributed by atoms with Crippen LogP contribution in [0.4, 0.5) is 5.95 Å². The van der Waals surface area contributed by atoms with Gasteiger partial charge in [0.1, 0.15) is 0 Å². The third-order valence-corrected chi connectivity index (χ3v) is 6.71. The third-order valence-electron chi connectivity index (χ3n) is 6.71. The van der Waals surface area contributed by atoms with Crippen molar-refractivity contribution in [2.45, 2.75) is 39.2 Å². The number of benzene rings is 2. The lowest BCUT2D eigenvalue weighted by atomic mass is 9.83. The molecule has 0 aliphatic carbocycles. The summed E-state index contributed by atoms with van der Waals surface area (Å²) >= 11 is 0. The molecule has 2 aromatic carbocycles. The minimum absolute atomic E-state index is 0.337. The number of anilines is 1. The van der Waals surface area contributed by atoms with E-state index in [1.54, 1.807) is 0 Å². The van der Waals surface area contributed by atoms with Gasteiger partial charge in [0, 0.05) is 30.4 Å². The van der Waals surface area contributed by atoms with Crippen molar-refractivity contribution in [2.24, 2.45) is 5.92 Å². The van der Waals surface area contributed by atoms with Crippen LogP contribution >= 0.6 is 0 Å². The first-order valence-corrected chi connectivity index (χ1v) is 11.4. The lowest BCUT2D eigenvalue weighted by Gasteiger charge is -2.37. The zero-order valence-corrected chi connectivity index (χ0v) is 19.0. The van der Waals surface area contributed by atoms with Crippen LogP contribution < -0.4 is 4.90 Å². The fraction of sp³-hybridized carbons (Fsp3) is 0.333. The topological polar surface area (TPSA) is 65.0 Å². The molecular weight excluding hydrogens is 396 g/mol. The van der Waals surface area contributed by atoms with Crippen LogP contribution in [0.1, 0.15) is 32.3 Å². The minimum atomic E-state index is -0.614. The van der Waals surface area contributed by atoms with Gasteiger partial charge in [-0.05, 0) is 63.3 Å². The van der Waals surface area contributed by atoms with E-state index in [0.29, 0.717) is 5.92 Å². The van der Waals surface area contributed by atoms with Gasteiger partial charge in [-0.3, -0.25) is 4.98 Å². The van der Waals surface area contributed by atoms with E-state index >= 15 is 0 Å². The van der Waals surface area contributed by atoms with Crippen molar-refractivity contribution in [3.8, 4) is 22.4 Å². The summed E-state index contributed by atoms with van der Waals surface area (Å²) in [7, 11) is 0. The molecule has 5 rings (SSSR count). The number of aromatic amines is 1. The summed E-state index contributed by atoms with van der Waals surface area (Å²) in [5.41, 5.74) is 6.94. The van der Waals surface area contributed by atoms with Gasteiger partial charge in [0.25, 0.3) is 0 Å². The van der Waals surface area contributed by atoms with Gasteiger partial charge in [-0.15, -0.1) is 0 Å². The number of hydrogen-bond acceptors (Lipinski definition) is 4. The highest BCUT2D eigenvalue weighted by Gasteiger charge is 2.31. The Morgan fingerprint density at radius 2 is 1.62 bits per heavy atom. The average Bonchev–Trinajstić information content (AvgIpc) is 3.23. The van der Waals surface area contributed by atoms with E-state index in [9.17, 15) is 5.11 Å². The number of aromatic nitrogens is 3. The molecule has 1 fully saturated rings. The van der Waals surface area contributed by atoms with Crippen molar-refractivity contribution < 1.29 is 5.11 Å². The molecule has 0 atom stereocenters. The maximum absolute atomic E-state index is 10.3. The molecule has 32 heavy (non-hydrogen) atoms.